The quantitative estimate of drug-likeness (QED) is 0.180. The summed E-state index contributed by atoms with van der Waals surface area (Å²) in [6.45, 7) is 15.8. The summed E-state index contributed by atoms with van der Waals surface area (Å²) in [4.78, 5) is 5.10. The number of fused-ring (bicyclic) bond motifs is 5. The molecule has 4 aromatic carbocycles. The fourth-order valence-electron chi connectivity index (χ4n) is 8.63. The first kappa shape index (κ1) is 26.0. The third-order valence-corrected chi connectivity index (χ3v) is 12.2. The van der Waals surface area contributed by atoms with Crippen molar-refractivity contribution in [2.75, 3.05) is 0 Å². The van der Waals surface area contributed by atoms with Crippen LogP contribution in [-0.2, 0) is 21.7 Å². The second-order valence-electron chi connectivity index (χ2n) is 17.0. The predicted molar refractivity (Wildman–Crippen MR) is 214 cm³/mol. The van der Waals surface area contributed by atoms with Crippen molar-refractivity contribution in [3.63, 3.8) is 0 Å². The van der Waals surface area contributed by atoms with Gasteiger partial charge in [0.1, 0.15) is 17.3 Å². The maximum absolute atomic E-state index is 9.14. The molecule has 50 heavy (non-hydrogen) atoms. The fourth-order valence-corrected chi connectivity index (χ4v) is 9.00. The molecule has 0 unspecified atom stereocenters. The van der Waals surface area contributed by atoms with Gasteiger partial charge in [-0.3, -0.25) is 4.57 Å². The van der Waals surface area contributed by atoms with Gasteiger partial charge >= 0.3 is 0 Å². The Morgan fingerprint density at radius 1 is 0.720 bits per heavy atom. The van der Waals surface area contributed by atoms with Gasteiger partial charge < -0.3 is 4.74 Å². The van der Waals surface area contributed by atoms with Gasteiger partial charge in [-0.15, -0.1) is 0 Å². The molecule has 2 aromatic heterocycles. The molecular weight excluding hydrogens is 676 g/mol. The maximum Gasteiger partial charge on any atom is 0.137 e. The molecule has 0 N–H and O–H groups in total. The van der Waals surface area contributed by atoms with Crippen LogP contribution in [0.5, 0.6) is 11.5 Å². The average molecular weight is 733 g/mol. The number of ether oxygens (including phenoxy) is 1. The summed E-state index contributed by atoms with van der Waals surface area (Å²) in [5, 5.41) is 0.893. The lowest BCUT2D eigenvalue weighted by molar-refractivity contribution is 0.314. The number of hydrogen-bond donors (Lipinski definition) is 0. The van der Waals surface area contributed by atoms with E-state index in [1.807, 2.05) is 24.3 Å². The molecule has 3 nitrogen and oxygen atoms in total. The molecule has 0 spiro atoms. The highest BCUT2D eigenvalue weighted by molar-refractivity contribution is 9.10. The van der Waals surface area contributed by atoms with Gasteiger partial charge in [0, 0.05) is 37.2 Å². The molecule has 2 aliphatic carbocycles. The van der Waals surface area contributed by atoms with Crippen molar-refractivity contribution in [2.45, 2.75) is 110 Å². The summed E-state index contributed by atoms with van der Waals surface area (Å²) in [7, 11) is 0. The van der Waals surface area contributed by atoms with Gasteiger partial charge in [-0.25, -0.2) is 4.98 Å². The minimum atomic E-state index is -2.56. The monoisotopic (exact) mass is 731 g/mol. The second-order valence-corrected chi connectivity index (χ2v) is 17.9. The van der Waals surface area contributed by atoms with Crippen molar-refractivity contribution in [2.24, 2.45) is 0 Å². The Morgan fingerprint density at radius 2 is 1.36 bits per heavy atom. The van der Waals surface area contributed by atoms with Crippen LogP contribution in [0.15, 0.2) is 89.4 Å². The lowest BCUT2D eigenvalue weighted by atomic mass is 9.55. The lowest BCUT2D eigenvalue weighted by Gasteiger charge is -2.49. The molecule has 2 aliphatic rings. The maximum atomic E-state index is 9.14. The summed E-state index contributed by atoms with van der Waals surface area (Å²) in [5.41, 5.74) is 6.67. The average Bonchev–Trinajstić information content (AvgIpc) is 3.47. The Kier molecular flexibility index (Phi) is 5.87. The Bertz CT molecular complexity index is 2620. The first-order valence-corrected chi connectivity index (χ1v) is 18.5. The molecule has 0 aliphatic heterocycles. The van der Waals surface area contributed by atoms with Crippen LogP contribution in [0.2, 0.25) is 0 Å². The molecule has 0 saturated carbocycles. The van der Waals surface area contributed by atoms with Crippen LogP contribution in [0, 0.1) is 6.85 Å². The Morgan fingerprint density at radius 3 is 2.02 bits per heavy atom. The number of nitrogens with zero attached hydrogens (tertiary/aromatic N) is 2. The van der Waals surface area contributed by atoms with Crippen LogP contribution < -0.4 is 4.74 Å². The first-order valence-electron chi connectivity index (χ1n) is 21.2. The third-order valence-electron chi connectivity index (χ3n) is 11.7. The molecule has 0 saturated heterocycles. The summed E-state index contributed by atoms with van der Waals surface area (Å²) >= 11 is 3.50. The van der Waals surface area contributed by atoms with Crippen molar-refractivity contribution in [1.82, 2.24) is 9.55 Å². The summed E-state index contributed by atoms with van der Waals surface area (Å²) in [6, 6.07) is 15.7. The molecule has 0 radical (unpaired) electrons. The van der Waals surface area contributed by atoms with Gasteiger partial charge in [0.2, 0.25) is 0 Å². The van der Waals surface area contributed by atoms with Crippen LogP contribution in [0.25, 0.3) is 38.8 Å². The number of rotatable bonds is 4. The number of para-hydroxylation sites is 1. The number of aromatic nitrogens is 2. The van der Waals surface area contributed by atoms with Gasteiger partial charge in [0.05, 0.1) is 16.5 Å². The van der Waals surface area contributed by atoms with Crippen LogP contribution >= 0.6 is 15.9 Å². The topological polar surface area (TPSA) is 27.1 Å². The van der Waals surface area contributed by atoms with Gasteiger partial charge in [0.25, 0.3) is 0 Å². The summed E-state index contributed by atoms with van der Waals surface area (Å²) in [5.74, 6) is 1.31. The van der Waals surface area contributed by atoms with Crippen LogP contribution in [-0.4, -0.2) is 9.55 Å². The highest BCUT2D eigenvalue weighted by atomic mass is 79.9. The van der Waals surface area contributed by atoms with E-state index in [-0.39, 0.29) is 62.7 Å². The number of benzene rings is 4. The van der Waals surface area contributed by atoms with Crippen LogP contribution in [0.4, 0.5) is 0 Å². The first-order chi connectivity index (χ1) is 26.4. The summed E-state index contributed by atoms with van der Waals surface area (Å²) < 4.78 is 71.5. The Hall–Kier alpha value is -3.89. The van der Waals surface area contributed by atoms with Crippen molar-refractivity contribution >= 4 is 37.7 Å². The SMILES string of the molecule is [2H]c1c([2H])c([2H])c2c(c1[2H])c1ccc(Oc3cccc(Br)c3)cc1n2-c1cc(C([2H])([2H])[2H])c(-c2c3c(cc4c2C(C)(C)CCC4(C)C)C(C)(C)CCC3(C)C)cn1. The molecule has 0 fully saturated rings. The van der Waals surface area contributed by atoms with E-state index >= 15 is 0 Å². The molecule has 0 atom stereocenters. The number of pyridine rings is 1. The lowest BCUT2D eigenvalue weighted by Crippen LogP contribution is -2.40. The molecule has 4 heteroatoms. The van der Waals surface area contributed by atoms with E-state index in [2.05, 4.69) is 77.4 Å². The number of hydrogen-bond acceptors (Lipinski definition) is 2. The highest BCUT2D eigenvalue weighted by Gasteiger charge is 2.46. The zero-order chi connectivity index (χ0) is 41.4. The molecule has 0 amide bonds. The zero-order valence-electron chi connectivity index (χ0n) is 37.3. The van der Waals surface area contributed by atoms with E-state index in [0.717, 1.165) is 35.7 Å². The predicted octanol–water partition coefficient (Wildman–Crippen LogP) is 13.4. The smallest absolute Gasteiger partial charge is 0.137 e. The van der Waals surface area contributed by atoms with E-state index in [1.54, 1.807) is 35.0 Å². The van der Waals surface area contributed by atoms with Crippen molar-refractivity contribution in [3.8, 4) is 28.4 Å². The fraction of sp³-hybridized carbons (Fsp3) is 0.370. The largest absolute Gasteiger partial charge is 0.457 e. The highest BCUT2D eigenvalue weighted by Crippen LogP contribution is 2.57. The van der Waals surface area contributed by atoms with Crippen molar-refractivity contribution in [1.29, 1.82) is 0 Å². The Labute approximate surface area is 316 Å². The molecule has 0 bridgehead atoms. The third kappa shape index (κ3) is 5.24. The molecule has 8 rings (SSSR count). The van der Waals surface area contributed by atoms with Gasteiger partial charge in [-0.1, -0.05) is 102 Å². The van der Waals surface area contributed by atoms with Crippen LogP contribution in [0.3, 0.4) is 0 Å². The van der Waals surface area contributed by atoms with E-state index in [4.69, 9.17) is 19.3 Å². The minimum Gasteiger partial charge on any atom is -0.457 e. The van der Waals surface area contributed by atoms with Gasteiger partial charge in [0.15, 0.2) is 0 Å². The van der Waals surface area contributed by atoms with E-state index < -0.39 is 6.85 Å². The zero-order valence-corrected chi connectivity index (χ0v) is 31.9. The van der Waals surface area contributed by atoms with Gasteiger partial charge in [-0.05, 0) is 130 Å². The molecule has 2 heterocycles. The molecule has 6 aromatic rings. The minimum absolute atomic E-state index is 0.123. The van der Waals surface area contributed by atoms with Gasteiger partial charge in [-0.2, -0.15) is 0 Å². The summed E-state index contributed by atoms with van der Waals surface area (Å²) in [6.07, 6.45) is 5.67. The number of halogens is 1. The molecule has 256 valence electrons. The molecular formula is C46H49BrN2O. The standard InChI is InChI=1S/C46H49BrN2O/c1-28-23-39(49-37-16-11-10-15-32(37)33-18-17-31(25-38(33)49)50-30-14-12-13-29(47)24-30)48-27-34(28)40-41-35(43(2,3)19-21-45(41,6)7)26-36-42(40)46(8,9)22-20-44(36,4)5/h10-18,23-27H,19-22H2,1-9H3/i1D3,10D,11D,15D,16D. The van der Waals surface area contributed by atoms with Crippen molar-refractivity contribution in [3.05, 3.63) is 117 Å². The number of aryl methyl sites for hydroxylation is 1. The van der Waals surface area contributed by atoms with Crippen LogP contribution in [0.1, 0.15) is 118 Å². The van der Waals surface area contributed by atoms with E-state index in [0.29, 0.717) is 33.4 Å². The Balaban J connectivity index is 1.48. The van der Waals surface area contributed by atoms with E-state index in [9.17, 15) is 0 Å². The second kappa shape index (κ2) is 11.3. The normalized spacial score (nSPS) is 20.8. The van der Waals surface area contributed by atoms with E-state index in [1.165, 1.54) is 22.3 Å². The van der Waals surface area contributed by atoms with Crippen molar-refractivity contribution < 1.29 is 14.3 Å².